The van der Waals surface area contributed by atoms with Crippen molar-refractivity contribution in [2.75, 3.05) is 5.32 Å². The molecule has 1 aromatic carbocycles. The third-order valence-electron chi connectivity index (χ3n) is 2.83. The minimum Gasteiger partial charge on any atom is -0.293 e. The lowest BCUT2D eigenvalue weighted by molar-refractivity contribution is -0.116. The molecular weight excluding hydrogens is 314 g/mol. The summed E-state index contributed by atoms with van der Waals surface area (Å²) in [6.07, 6.45) is -2.37. The summed E-state index contributed by atoms with van der Waals surface area (Å²) in [5.41, 5.74) is 0.664. The van der Waals surface area contributed by atoms with Crippen LogP contribution in [0.4, 0.5) is 5.95 Å². The zero-order chi connectivity index (χ0) is 19.7. The number of amides is 1. The van der Waals surface area contributed by atoms with Crippen molar-refractivity contribution in [2.24, 2.45) is 0 Å². The molecule has 2 aromatic heterocycles. The summed E-state index contributed by atoms with van der Waals surface area (Å²) in [7, 11) is 0. The molecule has 0 aliphatic heterocycles. The van der Waals surface area contributed by atoms with Gasteiger partial charge in [-0.25, -0.2) is 0 Å². The molecule has 0 spiro atoms. The van der Waals surface area contributed by atoms with E-state index < -0.39 is 18.7 Å². The normalized spacial score (nSPS) is 14.3. The zero-order valence-electron chi connectivity index (χ0n) is 15.7. The monoisotopic (exact) mass is 331 g/mol. The maximum Gasteiger partial charge on any atom is 0.249 e. The SMILES string of the molecule is [2H]C([2H])(C(=O)Nc1n[nH]c(-c2ccncc2)n1)C([2H])([2H])c1ccc(Cl)cc1. The van der Waals surface area contributed by atoms with E-state index in [9.17, 15) is 4.79 Å². The molecule has 0 aliphatic carbocycles. The van der Waals surface area contributed by atoms with E-state index in [4.69, 9.17) is 17.1 Å². The molecule has 0 aliphatic rings. The van der Waals surface area contributed by atoms with Gasteiger partial charge in [0.2, 0.25) is 11.9 Å². The fraction of sp³-hybridized carbons (Fsp3) is 0.125. The molecule has 0 fully saturated rings. The van der Waals surface area contributed by atoms with Gasteiger partial charge in [0, 0.05) is 34.8 Å². The number of aromatic amines is 1. The Labute approximate surface area is 143 Å². The van der Waals surface area contributed by atoms with Gasteiger partial charge in [-0.05, 0) is 36.2 Å². The molecule has 6 nitrogen and oxygen atoms in total. The Bertz CT molecular complexity index is 947. The molecule has 2 heterocycles. The quantitative estimate of drug-likeness (QED) is 0.752. The molecule has 3 aromatic rings. The van der Waals surface area contributed by atoms with Crippen molar-refractivity contribution < 1.29 is 10.3 Å². The molecule has 0 saturated heterocycles. The number of hydrogen-bond donors (Lipinski definition) is 2. The van der Waals surface area contributed by atoms with Gasteiger partial charge < -0.3 is 0 Å². The molecule has 7 heteroatoms. The second-order valence-corrected chi connectivity index (χ2v) is 4.89. The summed E-state index contributed by atoms with van der Waals surface area (Å²) < 4.78 is 32.3. The number of rotatable bonds is 5. The van der Waals surface area contributed by atoms with Crippen molar-refractivity contribution in [3.05, 3.63) is 59.4 Å². The number of anilines is 1. The summed E-state index contributed by atoms with van der Waals surface area (Å²) in [6, 6.07) is 8.90. The van der Waals surface area contributed by atoms with Crippen LogP contribution in [-0.2, 0) is 11.2 Å². The van der Waals surface area contributed by atoms with Gasteiger partial charge in [-0.15, -0.1) is 5.10 Å². The number of carbonyl (C=O) groups excluding carboxylic acids is 1. The minimum atomic E-state index is -2.89. The van der Waals surface area contributed by atoms with Crippen LogP contribution in [0.25, 0.3) is 11.4 Å². The molecule has 0 unspecified atom stereocenters. The van der Waals surface area contributed by atoms with Gasteiger partial charge in [0.1, 0.15) is 0 Å². The second kappa shape index (κ2) is 7.02. The van der Waals surface area contributed by atoms with Gasteiger partial charge in [0.25, 0.3) is 0 Å². The van der Waals surface area contributed by atoms with E-state index in [1.165, 1.54) is 24.3 Å². The number of aryl methyl sites for hydroxylation is 1. The van der Waals surface area contributed by atoms with Gasteiger partial charge in [0.05, 0.1) is 0 Å². The van der Waals surface area contributed by atoms with Crippen molar-refractivity contribution in [3.8, 4) is 11.4 Å². The molecule has 0 bridgehead atoms. The number of halogens is 1. The van der Waals surface area contributed by atoms with Crippen LogP contribution in [0.1, 0.15) is 17.4 Å². The number of H-pyrrole nitrogens is 1. The Morgan fingerprint density at radius 2 is 1.96 bits per heavy atom. The summed E-state index contributed by atoms with van der Waals surface area (Å²) in [5.74, 6) is -1.01. The number of carbonyl (C=O) groups is 1. The van der Waals surface area contributed by atoms with Crippen LogP contribution in [0.5, 0.6) is 0 Å². The predicted molar refractivity (Wildman–Crippen MR) is 88.0 cm³/mol. The van der Waals surface area contributed by atoms with Crippen LogP contribution in [0.2, 0.25) is 5.02 Å². The number of hydrogen-bond acceptors (Lipinski definition) is 4. The summed E-state index contributed by atoms with van der Waals surface area (Å²) in [5, 5.41) is 9.03. The van der Waals surface area contributed by atoms with Crippen molar-refractivity contribution >= 4 is 23.5 Å². The molecule has 0 atom stereocenters. The molecule has 3 rings (SSSR count). The molecule has 23 heavy (non-hydrogen) atoms. The molecule has 2 N–H and O–H groups in total. The first-order valence-corrected chi connectivity index (χ1v) is 7.00. The average Bonchev–Trinajstić information content (AvgIpc) is 3.11. The van der Waals surface area contributed by atoms with E-state index in [-0.39, 0.29) is 11.5 Å². The van der Waals surface area contributed by atoms with E-state index >= 15 is 0 Å². The Kier molecular flexibility index (Phi) is 3.33. The van der Waals surface area contributed by atoms with Crippen molar-refractivity contribution in [1.29, 1.82) is 0 Å². The van der Waals surface area contributed by atoms with E-state index in [1.807, 2.05) is 0 Å². The standard InChI is InChI=1S/C16H14ClN5O/c17-13-4-1-11(2-5-13)3-6-14(23)19-16-20-15(21-22-16)12-7-9-18-10-8-12/h1-2,4-5,7-10H,3,6H2,(H2,19,20,21,22,23)/i3D2,6D2. The minimum absolute atomic E-state index is 0.0143. The van der Waals surface area contributed by atoms with E-state index in [0.717, 1.165) is 0 Å². The van der Waals surface area contributed by atoms with Gasteiger partial charge in [-0.3, -0.25) is 20.2 Å². The Morgan fingerprint density at radius 1 is 1.22 bits per heavy atom. The van der Waals surface area contributed by atoms with Crippen LogP contribution in [0.15, 0.2) is 48.8 Å². The highest BCUT2D eigenvalue weighted by Crippen LogP contribution is 2.15. The summed E-state index contributed by atoms with van der Waals surface area (Å²) in [6.45, 7) is 0. The smallest absolute Gasteiger partial charge is 0.249 e. The molecule has 0 saturated carbocycles. The molecule has 1 amide bonds. The highest BCUT2D eigenvalue weighted by atomic mass is 35.5. The summed E-state index contributed by atoms with van der Waals surface area (Å²) in [4.78, 5) is 20.4. The molecule has 0 radical (unpaired) electrons. The first kappa shape index (κ1) is 10.9. The van der Waals surface area contributed by atoms with E-state index in [2.05, 4.69) is 25.5 Å². The van der Waals surface area contributed by atoms with E-state index in [0.29, 0.717) is 16.4 Å². The number of benzene rings is 1. The number of pyridine rings is 1. The zero-order valence-corrected chi connectivity index (χ0v) is 12.5. The van der Waals surface area contributed by atoms with Crippen molar-refractivity contribution in [1.82, 2.24) is 20.2 Å². The maximum atomic E-state index is 12.4. The Hall–Kier alpha value is -2.73. The number of nitrogens with one attached hydrogen (secondary N) is 2. The first-order chi connectivity index (χ1) is 12.7. The van der Waals surface area contributed by atoms with Gasteiger partial charge in [-0.2, -0.15) is 4.98 Å². The van der Waals surface area contributed by atoms with Crippen LogP contribution >= 0.6 is 11.6 Å². The fourth-order valence-electron chi connectivity index (χ4n) is 1.75. The highest BCUT2D eigenvalue weighted by Gasteiger charge is 2.09. The fourth-order valence-corrected chi connectivity index (χ4v) is 1.88. The highest BCUT2D eigenvalue weighted by molar-refractivity contribution is 6.30. The average molecular weight is 332 g/mol. The van der Waals surface area contributed by atoms with Crippen molar-refractivity contribution in [3.63, 3.8) is 0 Å². The molecule has 116 valence electrons. The van der Waals surface area contributed by atoms with Gasteiger partial charge >= 0.3 is 0 Å². The van der Waals surface area contributed by atoms with Crippen LogP contribution in [-0.4, -0.2) is 26.1 Å². The molecular formula is C16H14ClN5O. The maximum absolute atomic E-state index is 12.4. The van der Waals surface area contributed by atoms with Crippen molar-refractivity contribution in [2.45, 2.75) is 12.7 Å². The Morgan fingerprint density at radius 3 is 2.70 bits per heavy atom. The third kappa shape index (κ3) is 4.14. The van der Waals surface area contributed by atoms with Gasteiger partial charge in [-0.1, -0.05) is 23.7 Å². The second-order valence-electron chi connectivity index (χ2n) is 4.45. The number of nitrogens with zero attached hydrogens (tertiary/aromatic N) is 3. The lowest BCUT2D eigenvalue weighted by atomic mass is 10.1. The Balaban J connectivity index is 1.80. The number of aromatic nitrogens is 4. The lowest BCUT2D eigenvalue weighted by Gasteiger charge is -2.02. The van der Waals surface area contributed by atoms with E-state index in [1.54, 1.807) is 24.5 Å². The topological polar surface area (TPSA) is 83.6 Å². The van der Waals surface area contributed by atoms with Gasteiger partial charge in [0.15, 0.2) is 5.82 Å². The predicted octanol–water partition coefficient (Wildman–Crippen LogP) is 3.09. The largest absolute Gasteiger partial charge is 0.293 e. The lowest BCUT2D eigenvalue weighted by Crippen LogP contribution is -2.13. The van der Waals surface area contributed by atoms with Crippen LogP contribution in [0.3, 0.4) is 0 Å². The summed E-state index contributed by atoms with van der Waals surface area (Å²) >= 11 is 5.78. The first-order valence-electron chi connectivity index (χ1n) is 8.62. The van der Waals surface area contributed by atoms with Crippen LogP contribution in [0, 0.1) is 0 Å². The third-order valence-corrected chi connectivity index (χ3v) is 3.08. The van der Waals surface area contributed by atoms with Crippen LogP contribution < -0.4 is 5.32 Å².